The Bertz CT molecular complexity index is 789. The number of allylic oxidation sites excluding steroid dienone is 1. The molecule has 25 heavy (non-hydrogen) atoms. The van der Waals surface area contributed by atoms with Gasteiger partial charge in [0.1, 0.15) is 11.9 Å². The highest BCUT2D eigenvalue weighted by Crippen LogP contribution is 2.44. The van der Waals surface area contributed by atoms with Gasteiger partial charge in [0.25, 0.3) is 0 Å². The molecule has 0 spiro atoms. The Balaban J connectivity index is 2.37. The van der Waals surface area contributed by atoms with Crippen molar-refractivity contribution in [1.82, 2.24) is 0 Å². The number of carbonyl (C=O) groups is 2. The van der Waals surface area contributed by atoms with E-state index in [-0.39, 0.29) is 17.7 Å². The second kappa shape index (κ2) is 7.77. The zero-order valence-electron chi connectivity index (χ0n) is 14.3. The molecule has 0 radical (unpaired) electrons. The SMILES string of the molecule is COc1cc(N=C=O)c2c(c1C)C(CC=C(C)CCC(=O)O)OC2=O. The standard InChI is InChI=1S/C18H19NO6/c1-10(5-7-15(21)22)4-6-13-16-11(2)14(24-3)8-12(19-9-20)17(16)18(23)25-13/h4,8,13H,5-7H2,1-3H3,(H,21,22). The van der Waals surface area contributed by atoms with Crippen LogP contribution in [0.5, 0.6) is 5.75 Å². The predicted octanol–water partition coefficient (Wildman–Crippen LogP) is 3.38. The number of ether oxygens (including phenoxy) is 2. The zero-order chi connectivity index (χ0) is 18.6. The maximum absolute atomic E-state index is 12.2. The molecular weight excluding hydrogens is 326 g/mol. The molecule has 132 valence electrons. The molecule has 0 aliphatic carbocycles. The van der Waals surface area contributed by atoms with Gasteiger partial charge >= 0.3 is 11.9 Å². The third-order valence-corrected chi connectivity index (χ3v) is 4.14. The molecule has 0 saturated heterocycles. The molecule has 1 unspecified atom stereocenters. The summed E-state index contributed by atoms with van der Waals surface area (Å²) in [6, 6.07) is 1.51. The van der Waals surface area contributed by atoms with E-state index in [0.29, 0.717) is 24.2 Å². The number of nitrogens with zero attached hydrogens (tertiary/aromatic N) is 1. The van der Waals surface area contributed by atoms with Crippen molar-refractivity contribution in [3.8, 4) is 5.75 Å². The number of rotatable bonds is 7. The molecule has 1 aliphatic rings. The minimum absolute atomic E-state index is 0.0500. The van der Waals surface area contributed by atoms with Gasteiger partial charge in [0.2, 0.25) is 6.08 Å². The minimum atomic E-state index is -0.859. The number of aliphatic carboxylic acids is 1. The van der Waals surface area contributed by atoms with Crippen LogP contribution >= 0.6 is 0 Å². The van der Waals surface area contributed by atoms with Crippen molar-refractivity contribution >= 4 is 23.7 Å². The average molecular weight is 345 g/mol. The molecule has 7 heteroatoms. The van der Waals surface area contributed by atoms with Crippen LogP contribution in [-0.2, 0) is 14.3 Å². The third-order valence-electron chi connectivity index (χ3n) is 4.14. The van der Waals surface area contributed by atoms with Crippen LogP contribution in [-0.4, -0.2) is 30.2 Å². The van der Waals surface area contributed by atoms with Crippen LogP contribution in [0.2, 0.25) is 0 Å². The van der Waals surface area contributed by atoms with Crippen LogP contribution in [0.15, 0.2) is 22.7 Å². The molecule has 1 aromatic carbocycles. The molecule has 0 amide bonds. The first-order chi connectivity index (χ1) is 11.9. The number of isocyanates is 1. The lowest BCUT2D eigenvalue weighted by Gasteiger charge is -2.14. The van der Waals surface area contributed by atoms with Crippen LogP contribution < -0.4 is 4.74 Å². The number of benzene rings is 1. The van der Waals surface area contributed by atoms with Crippen LogP contribution in [0.1, 0.15) is 53.8 Å². The van der Waals surface area contributed by atoms with Crippen molar-refractivity contribution in [3.05, 3.63) is 34.4 Å². The quantitative estimate of drug-likeness (QED) is 0.352. The number of carboxylic acid groups (broad SMARTS) is 1. The lowest BCUT2D eigenvalue weighted by molar-refractivity contribution is -0.136. The smallest absolute Gasteiger partial charge is 0.341 e. The monoisotopic (exact) mass is 345 g/mol. The normalized spacial score (nSPS) is 16.0. The molecule has 0 aromatic heterocycles. The van der Waals surface area contributed by atoms with Gasteiger partial charge in [-0.25, -0.2) is 9.59 Å². The van der Waals surface area contributed by atoms with Gasteiger partial charge in [-0.15, -0.1) is 0 Å². The number of hydrogen-bond donors (Lipinski definition) is 1. The van der Waals surface area contributed by atoms with E-state index in [9.17, 15) is 14.4 Å². The maximum atomic E-state index is 12.2. The van der Waals surface area contributed by atoms with Gasteiger partial charge in [-0.2, -0.15) is 4.99 Å². The molecule has 1 heterocycles. The second-order valence-corrected chi connectivity index (χ2v) is 5.79. The number of aliphatic imine (C=N–C) groups is 1. The number of methoxy groups -OCH3 is 1. The maximum Gasteiger partial charge on any atom is 0.341 e. The van der Waals surface area contributed by atoms with Gasteiger partial charge in [-0.1, -0.05) is 11.6 Å². The van der Waals surface area contributed by atoms with Gasteiger partial charge in [0.05, 0.1) is 18.4 Å². The summed E-state index contributed by atoms with van der Waals surface area (Å²) in [5, 5.41) is 8.73. The Kier molecular flexibility index (Phi) is 5.72. The first kappa shape index (κ1) is 18.4. The highest BCUT2D eigenvalue weighted by Gasteiger charge is 2.36. The van der Waals surface area contributed by atoms with Crippen molar-refractivity contribution in [2.45, 2.75) is 39.2 Å². The molecule has 0 saturated carbocycles. The van der Waals surface area contributed by atoms with E-state index in [1.807, 2.05) is 19.9 Å². The summed E-state index contributed by atoms with van der Waals surface area (Å²) in [6.07, 6.45) is 3.66. The number of cyclic esters (lactones) is 1. The van der Waals surface area contributed by atoms with E-state index in [1.165, 1.54) is 19.3 Å². The lowest BCUT2D eigenvalue weighted by Crippen LogP contribution is -2.00. The van der Waals surface area contributed by atoms with Crippen molar-refractivity contribution in [2.75, 3.05) is 7.11 Å². The van der Waals surface area contributed by atoms with E-state index in [2.05, 4.69) is 4.99 Å². The Hall–Kier alpha value is -2.92. The van der Waals surface area contributed by atoms with Crippen molar-refractivity contribution in [3.63, 3.8) is 0 Å². The van der Waals surface area contributed by atoms with Gasteiger partial charge in [-0.3, -0.25) is 4.79 Å². The minimum Gasteiger partial charge on any atom is -0.496 e. The van der Waals surface area contributed by atoms with E-state index in [0.717, 1.165) is 11.1 Å². The molecular formula is C18H19NO6. The number of carboxylic acids is 1. The molecule has 1 aliphatic heterocycles. The summed E-state index contributed by atoms with van der Waals surface area (Å²) in [5.74, 6) is -0.902. The van der Waals surface area contributed by atoms with Gasteiger partial charge in [0.15, 0.2) is 0 Å². The first-order valence-corrected chi connectivity index (χ1v) is 7.76. The molecule has 7 nitrogen and oxygen atoms in total. The van der Waals surface area contributed by atoms with Gasteiger partial charge < -0.3 is 14.6 Å². The van der Waals surface area contributed by atoms with E-state index in [1.54, 1.807) is 0 Å². The summed E-state index contributed by atoms with van der Waals surface area (Å²) in [7, 11) is 1.49. The highest BCUT2D eigenvalue weighted by atomic mass is 16.5. The Morgan fingerprint density at radius 3 is 2.80 bits per heavy atom. The van der Waals surface area contributed by atoms with Gasteiger partial charge in [-0.05, 0) is 25.8 Å². The average Bonchev–Trinajstić information content (AvgIpc) is 2.91. The second-order valence-electron chi connectivity index (χ2n) is 5.79. The summed E-state index contributed by atoms with van der Waals surface area (Å²) in [6.45, 7) is 3.64. The van der Waals surface area contributed by atoms with Crippen molar-refractivity contribution < 1.29 is 29.0 Å². The van der Waals surface area contributed by atoms with Crippen molar-refractivity contribution in [1.29, 1.82) is 0 Å². The zero-order valence-corrected chi connectivity index (χ0v) is 14.3. The van der Waals surface area contributed by atoms with E-state index in [4.69, 9.17) is 14.6 Å². The molecule has 0 fully saturated rings. The van der Waals surface area contributed by atoms with Crippen LogP contribution in [0.4, 0.5) is 5.69 Å². The predicted molar refractivity (Wildman–Crippen MR) is 88.9 cm³/mol. The summed E-state index contributed by atoms with van der Waals surface area (Å²) in [5.41, 5.74) is 2.71. The summed E-state index contributed by atoms with van der Waals surface area (Å²) >= 11 is 0. The Morgan fingerprint density at radius 2 is 2.20 bits per heavy atom. The first-order valence-electron chi connectivity index (χ1n) is 7.76. The van der Waals surface area contributed by atoms with Crippen LogP contribution in [0.3, 0.4) is 0 Å². The summed E-state index contributed by atoms with van der Waals surface area (Å²) < 4.78 is 10.7. The fraction of sp³-hybridized carbons (Fsp3) is 0.389. The fourth-order valence-corrected chi connectivity index (χ4v) is 2.86. The van der Waals surface area contributed by atoms with E-state index < -0.39 is 18.0 Å². The highest BCUT2D eigenvalue weighted by molar-refractivity contribution is 6.00. The van der Waals surface area contributed by atoms with Crippen LogP contribution in [0.25, 0.3) is 0 Å². The number of esters is 1. The molecule has 1 aromatic rings. The van der Waals surface area contributed by atoms with Gasteiger partial charge in [0, 0.05) is 24.5 Å². The number of carbonyl (C=O) groups excluding carboxylic acids is 2. The largest absolute Gasteiger partial charge is 0.496 e. The Morgan fingerprint density at radius 1 is 1.48 bits per heavy atom. The van der Waals surface area contributed by atoms with Crippen molar-refractivity contribution in [2.24, 2.45) is 4.99 Å². The number of hydrogen-bond acceptors (Lipinski definition) is 6. The topological polar surface area (TPSA) is 102 Å². The summed E-state index contributed by atoms with van der Waals surface area (Å²) in [4.78, 5) is 37.1. The fourth-order valence-electron chi connectivity index (χ4n) is 2.86. The Labute approximate surface area is 145 Å². The molecule has 0 bridgehead atoms. The number of fused-ring (bicyclic) bond motifs is 1. The van der Waals surface area contributed by atoms with Crippen LogP contribution in [0, 0.1) is 6.92 Å². The molecule has 2 rings (SSSR count). The molecule has 1 N–H and O–H groups in total. The third kappa shape index (κ3) is 3.95. The lowest BCUT2D eigenvalue weighted by atomic mass is 9.94. The molecule has 1 atom stereocenters. The van der Waals surface area contributed by atoms with E-state index >= 15 is 0 Å².